The molecular formula is C11H12INO2. The van der Waals surface area contributed by atoms with Crippen molar-refractivity contribution >= 4 is 34.2 Å². The van der Waals surface area contributed by atoms with E-state index < -0.39 is 0 Å². The lowest BCUT2D eigenvalue weighted by molar-refractivity contribution is -0.124. The van der Waals surface area contributed by atoms with Crippen LogP contribution in [0, 0.1) is 3.57 Å². The fourth-order valence-electron chi connectivity index (χ4n) is 1.57. The number of benzene rings is 1. The highest BCUT2D eigenvalue weighted by Gasteiger charge is 2.23. The summed E-state index contributed by atoms with van der Waals surface area (Å²) >= 11 is 2.22. The number of hydrogen-bond acceptors (Lipinski definition) is 2. The zero-order valence-electron chi connectivity index (χ0n) is 8.20. The molecule has 2 rings (SSSR count). The highest BCUT2D eigenvalue weighted by molar-refractivity contribution is 14.1. The van der Waals surface area contributed by atoms with Gasteiger partial charge >= 0.3 is 0 Å². The lowest BCUT2D eigenvalue weighted by Gasteiger charge is -2.10. The van der Waals surface area contributed by atoms with Crippen LogP contribution in [0.1, 0.15) is 12.8 Å². The van der Waals surface area contributed by atoms with Crippen LogP contribution in [0.3, 0.4) is 0 Å². The standard InChI is InChI=1S/C11H12INO2/c12-8-3-1-4-9(7-8)13-11(14)10-5-2-6-15-10/h1,3-4,7,10H,2,5-6H2,(H,13,14). The fourth-order valence-corrected chi connectivity index (χ4v) is 2.12. The van der Waals surface area contributed by atoms with Gasteiger partial charge in [-0.2, -0.15) is 0 Å². The van der Waals surface area contributed by atoms with E-state index in [4.69, 9.17) is 4.74 Å². The molecule has 15 heavy (non-hydrogen) atoms. The second-order valence-electron chi connectivity index (χ2n) is 3.50. The van der Waals surface area contributed by atoms with Gasteiger partial charge in [0.1, 0.15) is 6.10 Å². The molecule has 1 unspecified atom stereocenters. The van der Waals surface area contributed by atoms with E-state index >= 15 is 0 Å². The zero-order chi connectivity index (χ0) is 10.7. The Kier molecular flexibility index (Phi) is 3.58. The summed E-state index contributed by atoms with van der Waals surface area (Å²) in [6.45, 7) is 0.699. The van der Waals surface area contributed by atoms with Gasteiger partial charge in [0.05, 0.1) is 0 Å². The smallest absolute Gasteiger partial charge is 0.253 e. The minimum atomic E-state index is -0.261. The number of nitrogens with one attached hydrogen (secondary N) is 1. The van der Waals surface area contributed by atoms with E-state index in [-0.39, 0.29) is 12.0 Å². The van der Waals surface area contributed by atoms with Crippen LogP contribution in [0.25, 0.3) is 0 Å². The molecule has 0 radical (unpaired) electrons. The molecule has 1 aromatic carbocycles. The number of hydrogen-bond donors (Lipinski definition) is 1. The predicted molar refractivity (Wildman–Crippen MR) is 66.8 cm³/mol. The maximum Gasteiger partial charge on any atom is 0.253 e. The summed E-state index contributed by atoms with van der Waals surface area (Å²) in [5.74, 6) is -0.0329. The molecule has 0 bridgehead atoms. The Bertz CT molecular complexity index is 361. The van der Waals surface area contributed by atoms with Gasteiger partial charge in [0.15, 0.2) is 0 Å². The van der Waals surface area contributed by atoms with Gasteiger partial charge in [0, 0.05) is 15.9 Å². The minimum absolute atomic E-state index is 0.0329. The number of anilines is 1. The topological polar surface area (TPSA) is 38.3 Å². The number of rotatable bonds is 2. The lowest BCUT2D eigenvalue weighted by atomic mass is 10.2. The van der Waals surface area contributed by atoms with E-state index in [0.717, 1.165) is 22.1 Å². The van der Waals surface area contributed by atoms with Gasteiger partial charge in [-0.1, -0.05) is 6.07 Å². The molecule has 1 aliphatic heterocycles. The van der Waals surface area contributed by atoms with Crippen molar-refractivity contribution in [2.75, 3.05) is 11.9 Å². The molecule has 1 atom stereocenters. The molecule has 1 fully saturated rings. The van der Waals surface area contributed by atoms with Gasteiger partial charge in [-0.25, -0.2) is 0 Å². The first-order chi connectivity index (χ1) is 7.25. The number of amides is 1. The summed E-state index contributed by atoms with van der Waals surface area (Å²) in [7, 11) is 0. The van der Waals surface area contributed by atoms with Crippen molar-refractivity contribution in [1.29, 1.82) is 0 Å². The molecule has 0 aliphatic carbocycles. The Morgan fingerprint density at radius 1 is 1.53 bits per heavy atom. The molecule has 3 nitrogen and oxygen atoms in total. The molecule has 0 saturated carbocycles. The Morgan fingerprint density at radius 2 is 2.40 bits per heavy atom. The SMILES string of the molecule is O=C(Nc1cccc(I)c1)C1CCCO1. The van der Waals surface area contributed by atoms with E-state index in [1.54, 1.807) is 0 Å². The van der Waals surface area contributed by atoms with E-state index in [1.165, 1.54) is 0 Å². The summed E-state index contributed by atoms with van der Waals surface area (Å²) in [6.07, 6.45) is 1.54. The van der Waals surface area contributed by atoms with E-state index in [2.05, 4.69) is 27.9 Å². The second-order valence-corrected chi connectivity index (χ2v) is 4.75. The largest absolute Gasteiger partial charge is 0.368 e. The highest BCUT2D eigenvalue weighted by atomic mass is 127. The van der Waals surface area contributed by atoms with Crippen LogP contribution in [-0.2, 0) is 9.53 Å². The summed E-state index contributed by atoms with van der Waals surface area (Å²) in [4.78, 5) is 11.7. The molecule has 80 valence electrons. The van der Waals surface area contributed by atoms with Crippen molar-refractivity contribution in [1.82, 2.24) is 0 Å². The monoisotopic (exact) mass is 317 g/mol. The van der Waals surface area contributed by atoms with Gasteiger partial charge in [0.25, 0.3) is 5.91 Å². The summed E-state index contributed by atoms with van der Waals surface area (Å²) in [5, 5.41) is 2.86. The van der Waals surface area contributed by atoms with Crippen LogP contribution in [-0.4, -0.2) is 18.6 Å². The van der Waals surface area contributed by atoms with Crippen LogP contribution in [0.4, 0.5) is 5.69 Å². The maximum atomic E-state index is 11.7. The number of ether oxygens (including phenoxy) is 1. The van der Waals surface area contributed by atoms with Crippen LogP contribution in [0.5, 0.6) is 0 Å². The van der Waals surface area contributed by atoms with Crippen molar-refractivity contribution in [2.45, 2.75) is 18.9 Å². The average molecular weight is 317 g/mol. The first-order valence-corrected chi connectivity index (χ1v) is 6.01. The third-order valence-corrected chi connectivity index (χ3v) is 2.99. The Hall–Kier alpha value is -0.620. The van der Waals surface area contributed by atoms with Gasteiger partial charge in [-0.05, 0) is 53.6 Å². The van der Waals surface area contributed by atoms with Crippen LogP contribution in [0.15, 0.2) is 24.3 Å². The number of carbonyl (C=O) groups excluding carboxylic acids is 1. The van der Waals surface area contributed by atoms with Crippen molar-refractivity contribution in [2.24, 2.45) is 0 Å². The number of halogens is 1. The first kappa shape index (κ1) is 10.9. The Labute approximate surface area is 102 Å². The van der Waals surface area contributed by atoms with Crippen LogP contribution >= 0.6 is 22.6 Å². The molecule has 0 spiro atoms. The molecule has 1 aliphatic rings. The van der Waals surface area contributed by atoms with E-state index in [1.807, 2.05) is 24.3 Å². The maximum absolute atomic E-state index is 11.7. The fraction of sp³-hybridized carbons (Fsp3) is 0.364. The Balaban J connectivity index is 1.99. The summed E-state index contributed by atoms with van der Waals surface area (Å²) in [5.41, 5.74) is 0.836. The van der Waals surface area contributed by atoms with Gasteiger partial charge in [-0.15, -0.1) is 0 Å². The van der Waals surface area contributed by atoms with Crippen LogP contribution < -0.4 is 5.32 Å². The Morgan fingerprint density at radius 3 is 3.07 bits per heavy atom. The minimum Gasteiger partial charge on any atom is -0.368 e. The zero-order valence-corrected chi connectivity index (χ0v) is 10.4. The van der Waals surface area contributed by atoms with Crippen molar-refractivity contribution in [3.63, 3.8) is 0 Å². The quantitative estimate of drug-likeness (QED) is 0.851. The van der Waals surface area contributed by atoms with Crippen molar-refractivity contribution in [3.05, 3.63) is 27.8 Å². The summed E-state index contributed by atoms with van der Waals surface area (Å²) in [6, 6.07) is 7.73. The first-order valence-electron chi connectivity index (χ1n) is 4.94. The van der Waals surface area contributed by atoms with Crippen molar-refractivity contribution < 1.29 is 9.53 Å². The lowest BCUT2D eigenvalue weighted by Crippen LogP contribution is -2.26. The van der Waals surface area contributed by atoms with Crippen molar-refractivity contribution in [3.8, 4) is 0 Å². The third kappa shape index (κ3) is 2.92. The molecule has 4 heteroatoms. The molecule has 1 amide bonds. The third-order valence-electron chi connectivity index (χ3n) is 2.31. The molecule has 0 aromatic heterocycles. The number of carbonyl (C=O) groups is 1. The van der Waals surface area contributed by atoms with Gasteiger partial charge < -0.3 is 10.1 Å². The molecule has 1 N–H and O–H groups in total. The van der Waals surface area contributed by atoms with E-state index in [9.17, 15) is 4.79 Å². The van der Waals surface area contributed by atoms with E-state index in [0.29, 0.717) is 6.61 Å². The molecule has 1 heterocycles. The van der Waals surface area contributed by atoms with Crippen LogP contribution in [0.2, 0.25) is 0 Å². The van der Waals surface area contributed by atoms with Gasteiger partial charge in [0.2, 0.25) is 0 Å². The summed E-state index contributed by atoms with van der Waals surface area (Å²) < 4.78 is 6.41. The van der Waals surface area contributed by atoms with Gasteiger partial charge in [-0.3, -0.25) is 4.79 Å². The molecular weight excluding hydrogens is 305 g/mol. The molecule has 1 aromatic rings. The highest BCUT2D eigenvalue weighted by Crippen LogP contribution is 2.16. The second kappa shape index (κ2) is 4.94. The normalized spacial score (nSPS) is 20.2. The predicted octanol–water partition coefficient (Wildman–Crippen LogP) is 2.41. The average Bonchev–Trinajstić information content (AvgIpc) is 2.70. The molecule has 1 saturated heterocycles.